The summed E-state index contributed by atoms with van der Waals surface area (Å²) >= 11 is 0. The van der Waals surface area contributed by atoms with E-state index in [0.29, 0.717) is 12.0 Å². The molecule has 1 aromatic carbocycles. The van der Waals surface area contributed by atoms with Crippen LogP contribution in [0.4, 0.5) is 4.39 Å². The lowest BCUT2D eigenvalue weighted by Crippen LogP contribution is -2.26. The Balaban J connectivity index is 2.30. The molecule has 0 aliphatic carbocycles. The first-order valence-corrected chi connectivity index (χ1v) is 8.11. The molecule has 0 radical (unpaired) electrons. The Morgan fingerprint density at radius 2 is 2.05 bits per heavy atom. The smallest absolute Gasteiger partial charge is 0.211 e. The molecule has 1 rings (SSSR count). The minimum absolute atomic E-state index is 0.105. The Bertz CT molecular complexity index is 477. The zero-order valence-electron chi connectivity index (χ0n) is 11.2. The third kappa shape index (κ3) is 7.25. The highest BCUT2D eigenvalue weighted by Crippen LogP contribution is 2.04. The van der Waals surface area contributed by atoms with Gasteiger partial charge in [0.15, 0.2) is 0 Å². The highest BCUT2D eigenvalue weighted by Gasteiger charge is 2.09. The lowest BCUT2D eigenvalue weighted by atomic mass is 10.2. The normalized spacial score (nSPS) is 11.7. The molecule has 0 spiro atoms. The zero-order chi connectivity index (χ0) is 14.1. The summed E-state index contributed by atoms with van der Waals surface area (Å²) in [6, 6.07) is 5.92. The van der Waals surface area contributed by atoms with Gasteiger partial charge in [0.1, 0.15) is 5.82 Å². The maximum absolute atomic E-state index is 12.9. The summed E-state index contributed by atoms with van der Waals surface area (Å²) < 4.78 is 38.8. The highest BCUT2D eigenvalue weighted by molar-refractivity contribution is 7.89. The van der Waals surface area contributed by atoms with Crippen molar-refractivity contribution in [2.75, 3.05) is 18.8 Å². The predicted molar refractivity (Wildman–Crippen MR) is 74.8 cm³/mol. The van der Waals surface area contributed by atoms with Crippen LogP contribution in [-0.4, -0.2) is 27.3 Å². The number of halogens is 1. The van der Waals surface area contributed by atoms with Crippen LogP contribution in [0.25, 0.3) is 0 Å². The van der Waals surface area contributed by atoms with Crippen LogP contribution in [0.5, 0.6) is 0 Å². The van der Waals surface area contributed by atoms with Crippen LogP contribution < -0.4 is 10.0 Å². The molecule has 0 amide bonds. The molecule has 0 fully saturated rings. The van der Waals surface area contributed by atoms with Crippen LogP contribution in [0.3, 0.4) is 0 Å². The lowest BCUT2D eigenvalue weighted by molar-refractivity contribution is 0.573. The van der Waals surface area contributed by atoms with Gasteiger partial charge >= 0.3 is 0 Å². The van der Waals surface area contributed by atoms with Gasteiger partial charge < -0.3 is 5.32 Å². The predicted octanol–water partition coefficient (Wildman–Crippen LogP) is 1.63. The summed E-state index contributed by atoms with van der Waals surface area (Å²) in [5.74, 6) is -0.254. The second-order valence-corrected chi connectivity index (χ2v) is 6.26. The number of rotatable bonds is 9. The van der Waals surface area contributed by atoms with Gasteiger partial charge in [0.25, 0.3) is 0 Å². The van der Waals surface area contributed by atoms with Gasteiger partial charge in [-0.25, -0.2) is 17.5 Å². The molecule has 0 saturated carbocycles. The van der Waals surface area contributed by atoms with Crippen molar-refractivity contribution >= 4 is 10.0 Å². The van der Waals surface area contributed by atoms with Crippen molar-refractivity contribution < 1.29 is 12.8 Å². The van der Waals surface area contributed by atoms with Gasteiger partial charge in [0.05, 0.1) is 5.75 Å². The van der Waals surface area contributed by atoms with E-state index in [1.165, 1.54) is 12.1 Å². The topological polar surface area (TPSA) is 58.2 Å². The Labute approximate surface area is 114 Å². The molecule has 6 heteroatoms. The quantitative estimate of drug-likeness (QED) is 0.679. The SMILES string of the molecule is CCNCCCCS(=O)(=O)NCc1cccc(F)c1. The number of hydrogen-bond acceptors (Lipinski definition) is 3. The number of sulfonamides is 1. The molecule has 0 bridgehead atoms. The first-order chi connectivity index (χ1) is 9.03. The molecule has 0 aliphatic heterocycles. The van der Waals surface area contributed by atoms with Crippen LogP contribution in [0, 0.1) is 5.82 Å². The van der Waals surface area contributed by atoms with E-state index in [-0.39, 0.29) is 18.1 Å². The molecule has 0 atom stereocenters. The largest absolute Gasteiger partial charge is 0.317 e. The summed E-state index contributed by atoms with van der Waals surface area (Å²) in [6.45, 7) is 3.87. The van der Waals surface area contributed by atoms with E-state index in [4.69, 9.17) is 0 Å². The monoisotopic (exact) mass is 288 g/mol. The number of unbranched alkanes of at least 4 members (excludes halogenated alkanes) is 1. The van der Waals surface area contributed by atoms with Gasteiger partial charge in [0, 0.05) is 6.54 Å². The summed E-state index contributed by atoms with van der Waals surface area (Å²) in [7, 11) is -3.28. The molecule has 0 aromatic heterocycles. The van der Waals surface area contributed by atoms with E-state index in [1.807, 2.05) is 6.92 Å². The number of benzene rings is 1. The van der Waals surface area contributed by atoms with Gasteiger partial charge in [-0.1, -0.05) is 19.1 Å². The molecule has 0 saturated heterocycles. The van der Waals surface area contributed by atoms with Crippen molar-refractivity contribution in [1.29, 1.82) is 0 Å². The summed E-state index contributed by atoms with van der Waals surface area (Å²) in [6.07, 6.45) is 1.44. The van der Waals surface area contributed by atoms with E-state index in [1.54, 1.807) is 12.1 Å². The minimum Gasteiger partial charge on any atom is -0.317 e. The molecule has 0 unspecified atom stereocenters. The fourth-order valence-electron chi connectivity index (χ4n) is 1.63. The Kier molecular flexibility index (Phi) is 6.97. The summed E-state index contributed by atoms with van der Waals surface area (Å²) in [5.41, 5.74) is 0.622. The Morgan fingerprint density at radius 1 is 1.26 bits per heavy atom. The van der Waals surface area contributed by atoms with E-state index >= 15 is 0 Å². The molecule has 0 aliphatic rings. The van der Waals surface area contributed by atoms with E-state index in [0.717, 1.165) is 19.5 Å². The van der Waals surface area contributed by atoms with E-state index < -0.39 is 10.0 Å². The highest BCUT2D eigenvalue weighted by atomic mass is 32.2. The molecule has 2 N–H and O–H groups in total. The molecular weight excluding hydrogens is 267 g/mol. The van der Waals surface area contributed by atoms with Crippen LogP contribution in [0.1, 0.15) is 25.3 Å². The Morgan fingerprint density at radius 3 is 2.74 bits per heavy atom. The first-order valence-electron chi connectivity index (χ1n) is 6.46. The average molecular weight is 288 g/mol. The third-order valence-corrected chi connectivity index (χ3v) is 4.06. The van der Waals surface area contributed by atoms with E-state index in [9.17, 15) is 12.8 Å². The minimum atomic E-state index is -3.28. The fourth-order valence-corrected chi connectivity index (χ4v) is 2.75. The van der Waals surface area contributed by atoms with Crippen molar-refractivity contribution in [3.8, 4) is 0 Å². The van der Waals surface area contributed by atoms with Crippen molar-refractivity contribution in [2.24, 2.45) is 0 Å². The maximum atomic E-state index is 12.9. The van der Waals surface area contributed by atoms with E-state index in [2.05, 4.69) is 10.0 Å². The molecule has 19 heavy (non-hydrogen) atoms. The third-order valence-electron chi connectivity index (χ3n) is 2.65. The van der Waals surface area contributed by atoms with Gasteiger partial charge in [-0.15, -0.1) is 0 Å². The summed E-state index contributed by atoms with van der Waals surface area (Å²) in [5, 5.41) is 3.14. The van der Waals surface area contributed by atoms with Crippen LogP contribution in [0.15, 0.2) is 24.3 Å². The maximum Gasteiger partial charge on any atom is 0.211 e. The van der Waals surface area contributed by atoms with Crippen molar-refractivity contribution in [2.45, 2.75) is 26.3 Å². The van der Waals surface area contributed by atoms with Gasteiger partial charge in [-0.2, -0.15) is 0 Å². The second-order valence-electron chi connectivity index (χ2n) is 4.33. The lowest BCUT2D eigenvalue weighted by Gasteiger charge is -2.07. The van der Waals surface area contributed by atoms with Crippen molar-refractivity contribution in [1.82, 2.24) is 10.0 Å². The average Bonchev–Trinajstić information content (AvgIpc) is 2.36. The fraction of sp³-hybridized carbons (Fsp3) is 0.538. The molecule has 108 valence electrons. The standard InChI is InChI=1S/C13H21FN2O2S/c1-2-15-8-3-4-9-19(17,18)16-11-12-6-5-7-13(14)10-12/h5-7,10,15-16H,2-4,8-9,11H2,1H3. The zero-order valence-corrected chi connectivity index (χ0v) is 12.0. The molecule has 1 aromatic rings. The molecule has 0 heterocycles. The van der Waals surface area contributed by atoms with Gasteiger partial charge in [0.2, 0.25) is 10.0 Å². The van der Waals surface area contributed by atoms with Crippen molar-refractivity contribution in [3.63, 3.8) is 0 Å². The van der Waals surface area contributed by atoms with Crippen LogP contribution in [-0.2, 0) is 16.6 Å². The second kappa shape index (κ2) is 8.24. The summed E-state index contributed by atoms with van der Waals surface area (Å²) in [4.78, 5) is 0. The van der Waals surface area contributed by atoms with Gasteiger partial charge in [-0.3, -0.25) is 0 Å². The van der Waals surface area contributed by atoms with Crippen LogP contribution >= 0.6 is 0 Å². The van der Waals surface area contributed by atoms with Crippen molar-refractivity contribution in [3.05, 3.63) is 35.6 Å². The number of nitrogens with one attached hydrogen (secondary N) is 2. The first kappa shape index (κ1) is 16.1. The van der Waals surface area contributed by atoms with Gasteiger partial charge in [-0.05, 0) is 43.6 Å². The Hall–Kier alpha value is -0.980. The molecule has 4 nitrogen and oxygen atoms in total. The number of hydrogen-bond donors (Lipinski definition) is 2. The molecular formula is C13H21FN2O2S. The van der Waals surface area contributed by atoms with Crippen LogP contribution in [0.2, 0.25) is 0 Å².